The van der Waals surface area contributed by atoms with Gasteiger partial charge in [0, 0.05) is 5.92 Å². The van der Waals surface area contributed by atoms with Gasteiger partial charge in [-0.25, -0.2) is 9.78 Å². The average molecular weight is 261 g/mol. The molecule has 1 aliphatic carbocycles. The first-order valence-corrected chi connectivity index (χ1v) is 5.54. The van der Waals surface area contributed by atoms with Crippen LogP contribution in [0.15, 0.2) is 0 Å². The molecule has 1 aromatic heterocycles. The van der Waals surface area contributed by atoms with Crippen molar-refractivity contribution in [3.63, 3.8) is 0 Å². The maximum absolute atomic E-state index is 11.4. The zero-order valence-electron chi connectivity index (χ0n) is 8.59. The Bertz CT molecular complexity index is 459. The number of aromatic nitrogens is 1. The van der Waals surface area contributed by atoms with E-state index in [0.29, 0.717) is 10.7 Å². The number of pyridine rings is 1. The fourth-order valence-electron chi connectivity index (χ4n) is 1.44. The number of halogens is 2. The zero-order valence-corrected chi connectivity index (χ0v) is 10.1. The SMILES string of the molecule is COC(=O)c1nc(C2CC2)c(Cl)c(N)c1Cl. The highest BCUT2D eigenvalue weighted by Crippen LogP contribution is 2.45. The highest BCUT2D eigenvalue weighted by Gasteiger charge is 2.31. The van der Waals surface area contributed by atoms with E-state index in [1.807, 2.05) is 0 Å². The number of nitrogen functional groups attached to an aromatic ring is 1. The summed E-state index contributed by atoms with van der Waals surface area (Å²) in [5.74, 6) is -0.314. The molecule has 0 spiro atoms. The highest BCUT2D eigenvalue weighted by atomic mass is 35.5. The Morgan fingerprint density at radius 2 is 2.06 bits per heavy atom. The topological polar surface area (TPSA) is 65.2 Å². The number of ether oxygens (including phenoxy) is 1. The molecular weight excluding hydrogens is 251 g/mol. The molecule has 0 saturated heterocycles. The Hall–Kier alpha value is -1.00. The van der Waals surface area contributed by atoms with Crippen LogP contribution in [0.5, 0.6) is 0 Å². The van der Waals surface area contributed by atoms with E-state index in [1.54, 1.807) is 0 Å². The normalized spacial score (nSPS) is 14.9. The van der Waals surface area contributed by atoms with Gasteiger partial charge >= 0.3 is 5.97 Å². The standard InChI is InChI=1S/C10H10Cl2N2O2/c1-16-10(15)9-6(12)7(13)5(11)8(14-9)4-2-3-4/h4H,2-3H2,1H3,(H2,13,14). The van der Waals surface area contributed by atoms with Gasteiger partial charge in [-0.2, -0.15) is 0 Å². The predicted molar refractivity (Wildman–Crippen MR) is 62.0 cm³/mol. The molecular formula is C10H10Cl2N2O2. The van der Waals surface area contributed by atoms with E-state index in [2.05, 4.69) is 9.72 Å². The first-order valence-electron chi connectivity index (χ1n) is 4.79. The lowest BCUT2D eigenvalue weighted by molar-refractivity contribution is 0.0594. The van der Waals surface area contributed by atoms with Crippen LogP contribution in [0.4, 0.5) is 5.69 Å². The Kier molecular flexibility index (Phi) is 2.95. The molecule has 1 saturated carbocycles. The number of rotatable bonds is 2. The molecule has 1 aliphatic rings. The van der Waals surface area contributed by atoms with Crippen LogP contribution >= 0.6 is 23.2 Å². The molecule has 0 atom stereocenters. The minimum atomic E-state index is -0.602. The summed E-state index contributed by atoms with van der Waals surface area (Å²) in [5, 5.41) is 0.404. The third-order valence-corrected chi connectivity index (χ3v) is 3.26. The van der Waals surface area contributed by atoms with Crippen LogP contribution in [-0.2, 0) is 4.74 Å². The summed E-state index contributed by atoms with van der Waals surface area (Å²) >= 11 is 11.9. The van der Waals surface area contributed by atoms with E-state index in [-0.39, 0.29) is 22.3 Å². The number of methoxy groups -OCH3 is 1. The number of nitrogens with zero attached hydrogens (tertiary/aromatic N) is 1. The third kappa shape index (κ3) is 1.83. The number of carbonyl (C=O) groups excluding carboxylic acids is 1. The van der Waals surface area contributed by atoms with Gasteiger partial charge in [-0.3, -0.25) is 0 Å². The second-order valence-electron chi connectivity index (χ2n) is 3.65. The molecule has 6 heteroatoms. The molecule has 4 nitrogen and oxygen atoms in total. The molecule has 2 N–H and O–H groups in total. The van der Waals surface area contributed by atoms with Gasteiger partial charge in [-0.1, -0.05) is 23.2 Å². The van der Waals surface area contributed by atoms with E-state index >= 15 is 0 Å². The highest BCUT2D eigenvalue weighted by molar-refractivity contribution is 6.40. The van der Waals surface area contributed by atoms with Gasteiger partial charge in [0.25, 0.3) is 0 Å². The lowest BCUT2D eigenvalue weighted by Crippen LogP contribution is -2.09. The first kappa shape index (κ1) is 11.5. The van der Waals surface area contributed by atoms with Crippen molar-refractivity contribution in [1.29, 1.82) is 0 Å². The number of anilines is 1. The van der Waals surface area contributed by atoms with Gasteiger partial charge in [0.2, 0.25) is 0 Å². The van der Waals surface area contributed by atoms with Crippen molar-refractivity contribution in [1.82, 2.24) is 4.98 Å². The Morgan fingerprint density at radius 3 is 2.56 bits per heavy atom. The van der Waals surface area contributed by atoms with Crippen LogP contribution in [-0.4, -0.2) is 18.1 Å². The van der Waals surface area contributed by atoms with Crippen molar-refractivity contribution in [2.24, 2.45) is 0 Å². The molecule has 86 valence electrons. The molecule has 1 aromatic rings. The summed E-state index contributed by atoms with van der Waals surface area (Å²) in [6, 6.07) is 0. The van der Waals surface area contributed by atoms with Crippen molar-refractivity contribution in [2.45, 2.75) is 18.8 Å². The molecule has 0 aromatic carbocycles. The summed E-state index contributed by atoms with van der Waals surface area (Å²) in [6.07, 6.45) is 2.02. The number of hydrogen-bond donors (Lipinski definition) is 1. The van der Waals surface area contributed by atoms with Crippen molar-refractivity contribution in [2.75, 3.05) is 12.8 Å². The van der Waals surface area contributed by atoms with E-state index < -0.39 is 5.97 Å². The summed E-state index contributed by atoms with van der Waals surface area (Å²) in [6.45, 7) is 0. The van der Waals surface area contributed by atoms with Crippen LogP contribution in [0.25, 0.3) is 0 Å². The van der Waals surface area contributed by atoms with Crippen molar-refractivity contribution < 1.29 is 9.53 Å². The smallest absolute Gasteiger partial charge is 0.358 e. The average Bonchev–Trinajstić information content (AvgIpc) is 3.09. The Morgan fingerprint density at radius 1 is 1.44 bits per heavy atom. The number of carbonyl (C=O) groups is 1. The molecule has 0 aliphatic heterocycles. The Balaban J connectivity index is 2.57. The van der Waals surface area contributed by atoms with Crippen molar-refractivity contribution in [3.8, 4) is 0 Å². The summed E-state index contributed by atoms with van der Waals surface area (Å²) in [5.41, 5.74) is 6.60. The molecule has 2 rings (SSSR count). The zero-order chi connectivity index (χ0) is 11.9. The minimum absolute atomic E-state index is 0.0352. The first-order chi connectivity index (χ1) is 7.56. The second-order valence-corrected chi connectivity index (χ2v) is 4.41. The monoisotopic (exact) mass is 260 g/mol. The maximum atomic E-state index is 11.4. The fourth-order valence-corrected chi connectivity index (χ4v) is 1.99. The van der Waals surface area contributed by atoms with E-state index in [1.165, 1.54) is 7.11 Å². The van der Waals surface area contributed by atoms with Crippen LogP contribution in [0.1, 0.15) is 34.9 Å². The summed E-state index contributed by atoms with van der Waals surface area (Å²) in [4.78, 5) is 15.6. The van der Waals surface area contributed by atoms with E-state index in [0.717, 1.165) is 12.8 Å². The van der Waals surface area contributed by atoms with Crippen LogP contribution < -0.4 is 5.73 Å². The van der Waals surface area contributed by atoms with Gasteiger partial charge in [-0.15, -0.1) is 0 Å². The molecule has 1 fully saturated rings. The molecule has 0 radical (unpaired) electrons. The van der Waals surface area contributed by atoms with E-state index in [9.17, 15) is 4.79 Å². The third-order valence-electron chi connectivity index (χ3n) is 2.48. The van der Waals surface area contributed by atoms with Gasteiger partial charge in [0.15, 0.2) is 5.69 Å². The predicted octanol–water partition coefficient (Wildman–Crippen LogP) is 2.63. The van der Waals surface area contributed by atoms with Crippen molar-refractivity contribution in [3.05, 3.63) is 21.4 Å². The van der Waals surface area contributed by atoms with Crippen LogP contribution in [0, 0.1) is 0 Å². The lowest BCUT2D eigenvalue weighted by Gasteiger charge is -2.10. The Labute approximate surface area is 103 Å². The molecule has 0 bridgehead atoms. The molecule has 1 heterocycles. The molecule has 0 unspecified atom stereocenters. The largest absolute Gasteiger partial charge is 0.464 e. The quantitative estimate of drug-likeness (QED) is 0.831. The molecule has 16 heavy (non-hydrogen) atoms. The van der Waals surface area contributed by atoms with Crippen LogP contribution in [0.2, 0.25) is 10.0 Å². The fraction of sp³-hybridized carbons (Fsp3) is 0.400. The number of hydrogen-bond acceptors (Lipinski definition) is 4. The minimum Gasteiger partial charge on any atom is -0.464 e. The van der Waals surface area contributed by atoms with Gasteiger partial charge < -0.3 is 10.5 Å². The second kappa shape index (κ2) is 4.11. The van der Waals surface area contributed by atoms with Gasteiger partial charge in [-0.05, 0) is 12.8 Å². The number of esters is 1. The van der Waals surface area contributed by atoms with Gasteiger partial charge in [0.05, 0.1) is 28.5 Å². The summed E-state index contributed by atoms with van der Waals surface area (Å²) < 4.78 is 4.58. The maximum Gasteiger partial charge on any atom is 0.358 e. The molecule has 0 amide bonds. The summed E-state index contributed by atoms with van der Waals surface area (Å²) in [7, 11) is 1.27. The number of nitrogens with two attached hydrogens (primary N) is 1. The van der Waals surface area contributed by atoms with Crippen molar-refractivity contribution >= 4 is 34.9 Å². The van der Waals surface area contributed by atoms with Crippen LogP contribution in [0.3, 0.4) is 0 Å². The lowest BCUT2D eigenvalue weighted by atomic mass is 10.2. The van der Waals surface area contributed by atoms with Gasteiger partial charge in [0.1, 0.15) is 0 Å². The van der Waals surface area contributed by atoms with E-state index in [4.69, 9.17) is 28.9 Å².